The highest BCUT2D eigenvalue weighted by atomic mass is 15.1. The SMILES string of the molecule is CC1(C)c2cc3c(cc2-c2ccc4ccccc4c21)c1ccccc1n3-c1nc2ccccc2nc1-c1cccc(-c2ccccc2)c1. The van der Waals surface area contributed by atoms with Crippen molar-refractivity contribution < 1.29 is 0 Å². The topological polar surface area (TPSA) is 30.7 Å². The number of fused-ring (bicyclic) bond motifs is 9. The van der Waals surface area contributed by atoms with Crippen LogP contribution in [0.2, 0.25) is 0 Å². The van der Waals surface area contributed by atoms with Gasteiger partial charge in [-0.1, -0.05) is 129 Å². The third-order valence-corrected chi connectivity index (χ3v) is 10.3. The van der Waals surface area contributed by atoms with Crippen LogP contribution in [0.4, 0.5) is 0 Å². The molecule has 0 amide bonds. The second kappa shape index (κ2) is 9.97. The number of hydrogen-bond acceptors (Lipinski definition) is 2. The van der Waals surface area contributed by atoms with E-state index in [9.17, 15) is 0 Å². The van der Waals surface area contributed by atoms with E-state index in [1.807, 2.05) is 12.1 Å². The van der Waals surface area contributed by atoms with Gasteiger partial charge in [0.05, 0.1) is 22.1 Å². The number of nitrogens with zero attached hydrogens (tertiary/aromatic N) is 3. The third kappa shape index (κ3) is 3.82. The Kier molecular flexibility index (Phi) is 5.63. The fraction of sp³-hybridized carbons (Fsp3) is 0.0667. The van der Waals surface area contributed by atoms with Crippen LogP contribution in [-0.2, 0) is 5.41 Å². The van der Waals surface area contributed by atoms with Crippen LogP contribution in [0.5, 0.6) is 0 Å². The molecule has 3 heteroatoms. The molecule has 0 fully saturated rings. The minimum absolute atomic E-state index is 0.178. The zero-order valence-electron chi connectivity index (χ0n) is 26.8. The van der Waals surface area contributed by atoms with Crippen LogP contribution in [0.15, 0.2) is 152 Å². The first-order valence-corrected chi connectivity index (χ1v) is 16.6. The quantitative estimate of drug-likeness (QED) is 0.198. The fourth-order valence-electron chi connectivity index (χ4n) is 8.10. The summed E-state index contributed by atoms with van der Waals surface area (Å²) in [6, 6.07) is 54.4. The molecule has 0 saturated heterocycles. The van der Waals surface area contributed by atoms with E-state index in [2.05, 4.69) is 158 Å². The molecule has 1 aliphatic carbocycles. The molecule has 0 bridgehead atoms. The number of benzene rings is 7. The average molecular weight is 614 g/mol. The molecule has 48 heavy (non-hydrogen) atoms. The molecular formula is C45H31N3. The van der Waals surface area contributed by atoms with Crippen molar-refractivity contribution in [3.05, 3.63) is 163 Å². The molecule has 3 nitrogen and oxygen atoms in total. The molecule has 0 atom stereocenters. The molecule has 1 aliphatic rings. The lowest BCUT2D eigenvalue weighted by Crippen LogP contribution is -2.15. The van der Waals surface area contributed by atoms with Crippen molar-refractivity contribution in [2.24, 2.45) is 0 Å². The van der Waals surface area contributed by atoms with E-state index in [1.165, 1.54) is 49.4 Å². The highest BCUT2D eigenvalue weighted by Gasteiger charge is 2.38. The monoisotopic (exact) mass is 613 g/mol. The summed E-state index contributed by atoms with van der Waals surface area (Å²) in [6.45, 7) is 4.75. The van der Waals surface area contributed by atoms with Crippen molar-refractivity contribution in [1.82, 2.24) is 14.5 Å². The summed E-state index contributed by atoms with van der Waals surface area (Å²) in [7, 11) is 0. The summed E-state index contributed by atoms with van der Waals surface area (Å²) in [5.74, 6) is 0.837. The Balaban J connectivity index is 1.29. The van der Waals surface area contributed by atoms with Gasteiger partial charge in [-0.3, -0.25) is 4.57 Å². The van der Waals surface area contributed by atoms with Crippen LogP contribution >= 0.6 is 0 Å². The van der Waals surface area contributed by atoms with Gasteiger partial charge in [-0.25, -0.2) is 9.97 Å². The van der Waals surface area contributed by atoms with Crippen molar-refractivity contribution in [3.8, 4) is 39.3 Å². The van der Waals surface area contributed by atoms with Crippen LogP contribution in [0.25, 0.3) is 82.9 Å². The third-order valence-electron chi connectivity index (χ3n) is 10.3. The number of aromatic nitrogens is 3. The highest BCUT2D eigenvalue weighted by Crippen LogP contribution is 2.53. The van der Waals surface area contributed by atoms with Gasteiger partial charge in [-0.05, 0) is 80.6 Å². The predicted molar refractivity (Wildman–Crippen MR) is 200 cm³/mol. The van der Waals surface area contributed by atoms with Gasteiger partial charge in [-0.15, -0.1) is 0 Å². The van der Waals surface area contributed by atoms with Gasteiger partial charge >= 0.3 is 0 Å². The Morgan fingerprint density at radius 3 is 2.02 bits per heavy atom. The second-order valence-electron chi connectivity index (χ2n) is 13.4. The fourth-order valence-corrected chi connectivity index (χ4v) is 8.10. The van der Waals surface area contributed by atoms with Crippen LogP contribution in [0, 0.1) is 0 Å². The normalized spacial score (nSPS) is 13.4. The van der Waals surface area contributed by atoms with Gasteiger partial charge in [0.15, 0.2) is 5.82 Å². The molecule has 0 spiro atoms. The largest absolute Gasteiger partial charge is 0.292 e. The van der Waals surface area contributed by atoms with Gasteiger partial charge < -0.3 is 0 Å². The Labute approximate surface area is 278 Å². The summed E-state index contributed by atoms with van der Waals surface area (Å²) in [5.41, 5.74) is 13.5. The summed E-state index contributed by atoms with van der Waals surface area (Å²) >= 11 is 0. The molecule has 0 saturated carbocycles. The molecule has 226 valence electrons. The number of hydrogen-bond donors (Lipinski definition) is 0. The standard InChI is InChI=1S/C45H31N3/c1-45(2)37-27-41-36(26-35(37)34-24-23-29-15-6-7-18-32(29)42(34)45)33-19-8-11-22-40(33)48(41)44-43(46-38-20-9-10-21-39(38)47-44)31-17-12-16-30(25-31)28-13-4-3-5-14-28/h3-27H,1-2H3. The Bertz CT molecular complexity index is 2750. The smallest absolute Gasteiger partial charge is 0.165 e. The van der Waals surface area contributed by atoms with Crippen molar-refractivity contribution in [3.63, 3.8) is 0 Å². The van der Waals surface area contributed by atoms with Crippen molar-refractivity contribution in [2.45, 2.75) is 19.3 Å². The minimum atomic E-state index is -0.178. The molecule has 0 radical (unpaired) electrons. The molecule has 0 N–H and O–H groups in total. The Morgan fingerprint density at radius 2 is 1.17 bits per heavy atom. The molecular weight excluding hydrogens is 583 g/mol. The van der Waals surface area contributed by atoms with Gasteiger partial charge in [0.1, 0.15) is 5.69 Å². The predicted octanol–water partition coefficient (Wildman–Crippen LogP) is 11.5. The Hall–Kier alpha value is -6.06. The van der Waals surface area contributed by atoms with Crippen LogP contribution in [-0.4, -0.2) is 14.5 Å². The summed E-state index contributed by atoms with van der Waals surface area (Å²) in [6.07, 6.45) is 0. The molecule has 2 aromatic heterocycles. The van der Waals surface area contributed by atoms with Gasteiger partial charge in [0.25, 0.3) is 0 Å². The molecule has 2 heterocycles. The van der Waals surface area contributed by atoms with Crippen molar-refractivity contribution >= 4 is 43.6 Å². The van der Waals surface area contributed by atoms with Crippen molar-refractivity contribution in [2.75, 3.05) is 0 Å². The Morgan fingerprint density at radius 1 is 0.479 bits per heavy atom. The maximum Gasteiger partial charge on any atom is 0.165 e. The molecule has 0 unspecified atom stereocenters. The second-order valence-corrected chi connectivity index (χ2v) is 13.4. The zero-order chi connectivity index (χ0) is 32.0. The first-order valence-electron chi connectivity index (χ1n) is 16.6. The van der Waals surface area contributed by atoms with Gasteiger partial charge in [0.2, 0.25) is 0 Å². The summed E-state index contributed by atoms with van der Waals surface area (Å²) in [4.78, 5) is 10.7. The maximum absolute atomic E-state index is 5.41. The van der Waals surface area contributed by atoms with Crippen molar-refractivity contribution in [1.29, 1.82) is 0 Å². The van der Waals surface area contributed by atoms with E-state index < -0.39 is 0 Å². The first-order chi connectivity index (χ1) is 23.6. The molecule has 10 rings (SSSR count). The lowest BCUT2D eigenvalue weighted by Gasteiger charge is -2.23. The summed E-state index contributed by atoms with van der Waals surface area (Å²) < 4.78 is 2.35. The number of para-hydroxylation sites is 3. The van der Waals surface area contributed by atoms with E-state index >= 15 is 0 Å². The lowest BCUT2D eigenvalue weighted by atomic mass is 9.80. The zero-order valence-corrected chi connectivity index (χ0v) is 26.8. The maximum atomic E-state index is 5.41. The van der Waals surface area contributed by atoms with Crippen LogP contribution in [0.3, 0.4) is 0 Å². The summed E-state index contributed by atoms with van der Waals surface area (Å²) in [5, 5.41) is 5.04. The van der Waals surface area contributed by atoms with E-state index in [0.29, 0.717) is 0 Å². The average Bonchev–Trinajstić information content (AvgIpc) is 3.58. The van der Waals surface area contributed by atoms with E-state index in [4.69, 9.17) is 9.97 Å². The molecule has 0 aliphatic heterocycles. The first kappa shape index (κ1) is 27.1. The van der Waals surface area contributed by atoms with Crippen LogP contribution < -0.4 is 0 Å². The lowest BCUT2D eigenvalue weighted by molar-refractivity contribution is 0.667. The van der Waals surface area contributed by atoms with E-state index in [0.717, 1.165) is 44.7 Å². The molecule has 7 aromatic carbocycles. The van der Waals surface area contributed by atoms with Gasteiger partial charge in [0, 0.05) is 21.8 Å². The van der Waals surface area contributed by atoms with E-state index in [-0.39, 0.29) is 5.41 Å². The van der Waals surface area contributed by atoms with Gasteiger partial charge in [-0.2, -0.15) is 0 Å². The number of rotatable bonds is 3. The molecule has 9 aromatic rings. The highest BCUT2D eigenvalue weighted by molar-refractivity contribution is 6.12. The minimum Gasteiger partial charge on any atom is -0.292 e. The van der Waals surface area contributed by atoms with E-state index in [1.54, 1.807) is 0 Å². The van der Waals surface area contributed by atoms with Crippen LogP contribution in [0.1, 0.15) is 25.0 Å².